The lowest BCUT2D eigenvalue weighted by atomic mass is 10.2. The van der Waals surface area contributed by atoms with E-state index in [9.17, 15) is 0 Å². The van der Waals surface area contributed by atoms with Crippen LogP contribution in [0.15, 0.2) is 22.7 Å². The van der Waals surface area contributed by atoms with Gasteiger partial charge in [-0.15, -0.1) is 0 Å². The quantitative estimate of drug-likeness (QED) is 0.872. The zero-order valence-electron chi connectivity index (χ0n) is 11.2. The van der Waals surface area contributed by atoms with Gasteiger partial charge in [0.2, 0.25) is 11.2 Å². The van der Waals surface area contributed by atoms with E-state index in [1.165, 1.54) is 0 Å². The molecule has 0 saturated heterocycles. The van der Waals surface area contributed by atoms with Gasteiger partial charge in [-0.25, -0.2) is 0 Å². The molecule has 1 aromatic heterocycles. The average Bonchev–Trinajstić information content (AvgIpc) is 2.41. The molecule has 0 aliphatic rings. The molecule has 0 bridgehead atoms. The van der Waals surface area contributed by atoms with E-state index in [1.54, 1.807) is 0 Å². The summed E-state index contributed by atoms with van der Waals surface area (Å²) in [6.07, 6.45) is 0.871. The van der Waals surface area contributed by atoms with E-state index in [-0.39, 0.29) is 11.3 Å². The van der Waals surface area contributed by atoms with Crippen molar-refractivity contribution in [1.29, 1.82) is 0 Å². The first-order valence-electron chi connectivity index (χ1n) is 6.16. The molecule has 1 N–H and O–H groups in total. The molecule has 20 heavy (non-hydrogen) atoms. The number of aryl methyl sites for hydroxylation is 1. The van der Waals surface area contributed by atoms with Gasteiger partial charge in [-0.05, 0) is 52.5 Å². The van der Waals surface area contributed by atoms with Crippen molar-refractivity contribution >= 4 is 39.2 Å². The molecule has 0 spiro atoms. The van der Waals surface area contributed by atoms with Gasteiger partial charge in [0.15, 0.2) is 0 Å². The Kier molecular flexibility index (Phi) is 5.14. The van der Waals surface area contributed by atoms with Crippen LogP contribution in [0.5, 0.6) is 6.01 Å². The first-order valence-corrected chi connectivity index (χ1v) is 7.33. The summed E-state index contributed by atoms with van der Waals surface area (Å²) >= 11 is 9.39. The van der Waals surface area contributed by atoms with E-state index in [4.69, 9.17) is 16.3 Å². The van der Waals surface area contributed by atoms with Gasteiger partial charge in [0, 0.05) is 4.47 Å². The molecule has 0 unspecified atom stereocenters. The first-order chi connectivity index (χ1) is 9.60. The summed E-state index contributed by atoms with van der Waals surface area (Å²) in [7, 11) is 0. The van der Waals surface area contributed by atoms with Crippen LogP contribution in [0.3, 0.4) is 0 Å². The molecule has 2 rings (SSSR count). The Bertz CT molecular complexity index is 609. The Balaban J connectivity index is 2.24. The van der Waals surface area contributed by atoms with Crippen molar-refractivity contribution in [3.05, 3.63) is 33.5 Å². The van der Waals surface area contributed by atoms with Gasteiger partial charge in [0.05, 0.1) is 12.3 Å². The molecular formula is C13H14BrClN4O. The molecule has 7 heteroatoms. The number of rotatable bonds is 5. The van der Waals surface area contributed by atoms with Crippen molar-refractivity contribution < 1.29 is 4.74 Å². The molecule has 0 atom stereocenters. The van der Waals surface area contributed by atoms with E-state index in [0.29, 0.717) is 12.6 Å². The number of hydrogen-bond acceptors (Lipinski definition) is 5. The smallest absolute Gasteiger partial charge is 0.322 e. The fourth-order valence-electron chi connectivity index (χ4n) is 1.51. The van der Waals surface area contributed by atoms with Crippen molar-refractivity contribution in [2.45, 2.75) is 20.3 Å². The van der Waals surface area contributed by atoms with Gasteiger partial charge in [-0.1, -0.05) is 19.1 Å². The Morgan fingerprint density at radius 1 is 1.30 bits per heavy atom. The predicted octanol–water partition coefficient (Wildman–Crippen LogP) is 4.13. The van der Waals surface area contributed by atoms with Gasteiger partial charge in [0.25, 0.3) is 0 Å². The standard InChI is InChI=1S/C13H14BrClN4O/c1-3-7-20-13-18-11(15)17-12(19-13)16-9-6-4-5-8(2)10(9)14/h4-6H,3,7H2,1-2H3,(H,16,17,18,19). The highest BCUT2D eigenvalue weighted by Crippen LogP contribution is 2.28. The van der Waals surface area contributed by atoms with Crippen LogP contribution < -0.4 is 10.1 Å². The molecular weight excluding hydrogens is 344 g/mol. The first kappa shape index (κ1) is 15.0. The normalized spacial score (nSPS) is 10.4. The summed E-state index contributed by atoms with van der Waals surface area (Å²) in [6, 6.07) is 6.09. The van der Waals surface area contributed by atoms with Crippen molar-refractivity contribution in [2.75, 3.05) is 11.9 Å². The maximum absolute atomic E-state index is 5.87. The van der Waals surface area contributed by atoms with Gasteiger partial charge < -0.3 is 10.1 Å². The molecule has 0 radical (unpaired) electrons. The number of aromatic nitrogens is 3. The SMILES string of the molecule is CCCOc1nc(Cl)nc(Nc2cccc(C)c2Br)n1. The molecule has 1 aromatic carbocycles. The molecule has 0 amide bonds. The molecule has 5 nitrogen and oxygen atoms in total. The Morgan fingerprint density at radius 2 is 2.10 bits per heavy atom. The third kappa shape index (κ3) is 3.80. The zero-order valence-corrected chi connectivity index (χ0v) is 13.5. The summed E-state index contributed by atoms with van der Waals surface area (Å²) in [5.41, 5.74) is 1.96. The number of nitrogens with zero attached hydrogens (tertiary/aromatic N) is 3. The van der Waals surface area contributed by atoms with Crippen molar-refractivity contribution in [3.63, 3.8) is 0 Å². The topological polar surface area (TPSA) is 59.9 Å². The van der Waals surface area contributed by atoms with Crippen LogP contribution in [0.1, 0.15) is 18.9 Å². The maximum Gasteiger partial charge on any atom is 0.322 e. The van der Waals surface area contributed by atoms with Crippen LogP contribution in [0, 0.1) is 6.92 Å². The summed E-state index contributed by atoms with van der Waals surface area (Å²) in [5.74, 6) is 0.349. The van der Waals surface area contributed by atoms with Crippen molar-refractivity contribution in [2.24, 2.45) is 0 Å². The van der Waals surface area contributed by atoms with E-state index >= 15 is 0 Å². The minimum absolute atomic E-state index is 0.0948. The van der Waals surface area contributed by atoms with Crippen LogP contribution in [0.4, 0.5) is 11.6 Å². The Morgan fingerprint density at radius 3 is 2.85 bits per heavy atom. The highest BCUT2D eigenvalue weighted by molar-refractivity contribution is 9.10. The second-order valence-electron chi connectivity index (χ2n) is 4.12. The van der Waals surface area contributed by atoms with Crippen LogP contribution in [-0.4, -0.2) is 21.6 Å². The lowest BCUT2D eigenvalue weighted by molar-refractivity contribution is 0.292. The zero-order chi connectivity index (χ0) is 14.5. The third-order valence-corrected chi connectivity index (χ3v) is 3.68. The Hall–Kier alpha value is -1.40. The summed E-state index contributed by atoms with van der Waals surface area (Å²) in [4.78, 5) is 12.1. The van der Waals surface area contributed by atoms with E-state index in [1.807, 2.05) is 32.0 Å². The fourth-order valence-corrected chi connectivity index (χ4v) is 2.03. The van der Waals surface area contributed by atoms with Crippen LogP contribution in [-0.2, 0) is 0 Å². The van der Waals surface area contributed by atoms with Gasteiger partial charge in [0.1, 0.15) is 0 Å². The number of hydrogen-bond donors (Lipinski definition) is 1. The predicted molar refractivity (Wildman–Crippen MR) is 82.8 cm³/mol. The monoisotopic (exact) mass is 356 g/mol. The van der Waals surface area contributed by atoms with Gasteiger partial charge >= 0.3 is 6.01 Å². The molecule has 0 aliphatic carbocycles. The molecule has 0 saturated carbocycles. The highest BCUT2D eigenvalue weighted by atomic mass is 79.9. The second kappa shape index (κ2) is 6.85. The van der Waals surface area contributed by atoms with E-state index < -0.39 is 0 Å². The Labute approximate surface area is 130 Å². The molecule has 2 aromatic rings. The number of halogens is 2. The van der Waals surface area contributed by atoms with Crippen LogP contribution in [0.25, 0.3) is 0 Å². The fraction of sp³-hybridized carbons (Fsp3) is 0.308. The third-order valence-electron chi connectivity index (χ3n) is 2.46. The largest absolute Gasteiger partial charge is 0.463 e. The van der Waals surface area contributed by atoms with Gasteiger partial charge in [-0.2, -0.15) is 15.0 Å². The van der Waals surface area contributed by atoms with Gasteiger partial charge in [-0.3, -0.25) is 0 Å². The van der Waals surface area contributed by atoms with Crippen molar-refractivity contribution in [3.8, 4) is 6.01 Å². The number of benzene rings is 1. The highest BCUT2D eigenvalue weighted by Gasteiger charge is 2.08. The molecule has 0 fully saturated rings. The minimum Gasteiger partial charge on any atom is -0.463 e. The lowest BCUT2D eigenvalue weighted by Gasteiger charge is -2.10. The maximum atomic E-state index is 5.87. The summed E-state index contributed by atoms with van der Waals surface area (Å²) in [5, 5.41) is 3.19. The molecule has 106 valence electrons. The second-order valence-corrected chi connectivity index (χ2v) is 5.25. The lowest BCUT2D eigenvalue weighted by Crippen LogP contribution is -2.05. The number of anilines is 2. The minimum atomic E-state index is 0.0948. The van der Waals surface area contributed by atoms with E-state index in [2.05, 4.69) is 36.2 Å². The molecule has 1 heterocycles. The van der Waals surface area contributed by atoms with Crippen molar-refractivity contribution in [1.82, 2.24) is 15.0 Å². The summed E-state index contributed by atoms with van der Waals surface area (Å²) < 4.78 is 6.32. The van der Waals surface area contributed by atoms with Crippen LogP contribution in [0.2, 0.25) is 5.28 Å². The average molecular weight is 358 g/mol. The number of nitrogens with one attached hydrogen (secondary N) is 1. The van der Waals surface area contributed by atoms with Crippen LogP contribution >= 0.6 is 27.5 Å². The van der Waals surface area contributed by atoms with E-state index in [0.717, 1.165) is 22.1 Å². The summed E-state index contributed by atoms with van der Waals surface area (Å²) in [6.45, 7) is 4.55. The molecule has 0 aliphatic heterocycles. The number of ether oxygens (including phenoxy) is 1.